The normalized spacial score (nSPS) is 11.8. The number of Topliss-reactive ketones (excluding diaryl/α,β-unsaturated/α-hetero) is 1. The zero-order chi connectivity index (χ0) is 18.3. The largest absolute Gasteiger partial charge is 0.471 e. The van der Waals surface area contributed by atoms with Crippen LogP contribution in [0.25, 0.3) is 11.4 Å². The zero-order valence-corrected chi connectivity index (χ0v) is 13.4. The van der Waals surface area contributed by atoms with E-state index in [2.05, 4.69) is 19.8 Å². The van der Waals surface area contributed by atoms with E-state index in [-0.39, 0.29) is 11.6 Å². The van der Waals surface area contributed by atoms with E-state index < -0.39 is 12.1 Å². The Morgan fingerprint density at radius 3 is 2.64 bits per heavy atom. The van der Waals surface area contributed by atoms with E-state index in [9.17, 15) is 18.0 Å². The predicted molar refractivity (Wildman–Crippen MR) is 83.0 cm³/mol. The van der Waals surface area contributed by atoms with E-state index in [0.29, 0.717) is 37.0 Å². The summed E-state index contributed by atoms with van der Waals surface area (Å²) in [6, 6.07) is 6.01. The number of rotatable bonds is 8. The van der Waals surface area contributed by atoms with Crippen LogP contribution in [0.3, 0.4) is 0 Å². The van der Waals surface area contributed by atoms with Crippen LogP contribution in [0.1, 0.15) is 42.4 Å². The summed E-state index contributed by atoms with van der Waals surface area (Å²) < 4.78 is 41.5. The highest BCUT2D eigenvalue weighted by Gasteiger charge is 2.38. The van der Waals surface area contributed by atoms with Crippen molar-refractivity contribution < 1.29 is 27.3 Å². The lowest BCUT2D eigenvalue weighted by Crippen LogP contribution is -2.04. The van der Waals surface area contributed by atoms with Crippen molar-refractivity contribution in [2.24, 2.45) is 5.16 Å². The van der Waals surface area contributed by atoms with Crippen molar-refractivity contribution in [3.63, 3.8) is 0 Å². The van der Waals surface area contributed by atoms with Crippen LogP contribution in [0.4, 0.5) is 13.2 Å². The first kappa shape index (κ1) is 18.6. The van der Waals surface area contributed by atoms with Crippen LogP contribution in [0.15, 0.2) is 33.9 Å². The maximum atomic E-state index is 12.4. The summed E-state index contributed by atoms with van der Waals surface area (Å²) in [5, 5.41) is 6.98. The Labute approximate surface area is 141 Å². The number of carbonyl (C=O) groups is 1. The second-order valence-electron chi connectivity index (χ2n) is 5.02. The van der Waals surface area contributed by atoms with Crippen LogP contribution in [0.2, 0.25) is 0 Å². The number of benzene rings is 1. The number of aromatic nitrogens is 2. The minimum Gasteiger partial charge on any atom is -0.396 e. The fraction of sp³-hybridized carbons (Fsp3) is 0.375. The molecule has 0 amide bonds. The molecule has 0 radical (unpaired) electrons. The summed E-state index contributed by atoms with van der Waals surface area (Å²) >= 11 is 0. The molecule has 0 atom stereocenters. The van der Waals surface area contributed by atoms with Crippen molar-refractivity contribution in [2.45, 2.75) is 32.4 Å². The molecular formula is C16H16F3N3O3. The molecule has 0 spiro atoms. The molecule has 1 aromatic heterocycles. The van der Waals surface area contributed by atoms with Gasteiger partial charge in [0.1, 0.15) is 6.61 Å². The van der Waals surface area contributed by atoms with Gasteiger partial charge in [0, 0.05) is 23.8 Å². The van der Waals surface area contributed by atoms with Crippen molar-refractivity contribution in [1.29, 1.82) is 0 Å². The van der Waals surface area contributed by atoms with Crippen molar-refractivity contribution >= 4 is 12.0 Å². The topological polar surface area (TPSA) is 77.6 Å². The van der Waals surface area contributed by atoms with E-state index in [0.717, 1.165) is 0 Å². The third-order valence-corrected chi connectivity index (χ3v) is 3.15. The highest BCUT2D eigenvalue weighted by Crippen LogP contribution is 2.29. The van der Waals surface area contributed by atoms with Crippen molar-refractivity contribution in [2.75, 3.05) is 6.61 Å². The molecule has 0 unspecified atom stereocenters. The van der Waals surface area contributed by atoms with Gasteiger partial charge in [-0.05, 0) is 19.8 Å². The average Bonchev–Trinajstić information content (AvgIpc) is 3.08. The van der Waals surface area contributed by atoms with Gasteiger partial charge in [0.05, 0.1) is 0 Å². The second kappa shape index (κ2) is 8.41. The molecular weight excluding hydrogens is 339 g/mol. The first-order valence-corrected chi connectivity index (χ1v) is 7.60. The minimum atomic E-state index is -4.69. The van der Waals surface area contributed by atoms with Crippen molar-refractivity contribution in [3.8, 4) is 11.4 Å². The molecule has 0 fully saturated rings. The van der Waals surface area contributed by atoms with Gasteiger partial charge in [-0.25, -0.2) is 0 Å². The molecule has 0 aliphatic carbocycles. The second-order valence-corrected chi connectivity index (χ2v) is 5.02. The highest BCUT2D eigenvalue weighted by atomic mass is 19.4. The Bertz CT molecular complexity index is 724. The van der Waals surface area contributed by atoms with Gasteiger partial charge < -0.3 is 9.36 Å². The lowest BCUT2D eigenvalue weighted by Gasteiger charge is -2.01. The Hall–Kier alpha value is -2.71. The number of alkyl halides is 3. The van der Waals surface area contributed by atoms with Gasteiger partial charge in [-0.15, -0.1) is 0 Å². The minimum absolute atomic E-state index is 0.0690. The van der Waals surface area contributed by atoms with E-state index in [1.165, 1.54) is 24.3 Å². The van der Waals surface area contributed by atoms with Crippen LogP contribution in [0, 0.1) is 0 Å². The summed E-state index contributed by atoms with van der Waals surface area (Å²) in [7, 11) is 0. The molecule has 0 bridgehead atoms. The predicted octanol–water partition coefficient (Wildman–Crippen LogP) is 4.13. The number of hydrogen-bond donors (Lipinski definition) is 0. The Balaban J connectivity index is 1.93. The number of ketones is 1. The Kier molecular flexibility index (Phi) is 6.26. The van der Waals surface area contributed by atoms with E-state index >= 15 is 0 Å². The third-order valence-electron chi connectivity index (χ3n) is 3.15. The van der Waals surface area contributed by atoms with Crippen molar-refractivity contribution in [3.05, 3.63) is 35.7 Å². The SMILES string of the molecule is CCON=CCCCC(=O)c1ccc(-c2noc(C(F)(F)F)n2)cc1. The van der Waals surface area contributed by atoms with Gasteiger partial charge in [-0.1, -0.05) is 34.6 Å². The number of oxime groups is 1. The molecule has 2 aromatic rings. The number of hydrogen-bond acceptors (Lipinski definition) is 6. The molecule has 0 saturated heterocycles. The molecule has 0 N–H and O–H groups in total. The summed E-state index contributed by atoms with van der Waals surface area (Å²) in [6.07, 6.45) is -1.51. The van der Waals surface area contributed by atoms with Crippen molar-refractivity contribution in [1.82, 2.24) is 10.1 Å². The quantitative estimate of drug-likeness (QED) is 0.308. The molecule has 1 heterocycles. The standard InChI is InChI=1S/C16H16F3N3O3/c1-2-24-20-10-4-3-5-13(23)11-6-8-12(9-7-11)14-21-15(25-22-14)16(17,18)19/h6-10H,2-5H2,1H3. The molecule has 25 heavy (non-hydrogen) atoms. The molecule has 1 aromatic carbocycles. The van der Waals surface area contributed by atoms with Gasteiger partial charge in [-0.2, -0.15) is 18.2 Å². The molecule has 6 nitrogen and oxygen atoms in total. The number of halogens is 3. The number of unbranched alkanes of at least 4 members (excludes halogenated alkanes) is 1. The molecule has 2 rings (SSSR count). The van der Waals surface area contributed by atoms with E-state index in [1.54, 1.807) is 6.21 Å². The van der Waals surface area contributed by atoms with Crippen LogP contribution in [-0.4, -0.2) is 28.7 Å². The van der Waals surface area contributed by atoms with E-state index in [4.69, 9.17) is 4.84 Å². The number of nitrogens with zero attached hydrogens (tertiary/aromatic N) is 3. The third kappa shape index (κ3) is 5.40. The fourth-order valence-electron chi connectivity index (χ4n) is 1.94. The summed E-state index contributed by atoms with van der Waals surface area (Å²) in [5.41, 5.74) is 0.796. The van der Waals surface area contributed by atoms with Gasteiger partial charge in [0.2, 0.25) is 5.82 Å². The van der Waals surface area contributed by atoms with Crippen LogP contribution in [0.5, 0.6) is 0 Å². The van der Waals surface area contributed by atoms with Gasteiger partial charge in [-0.3, -0.25) is 4.79 Å². The molecule has 9 heteroatoms. The monoisotopic (exact) mass is 355 g/mol. The van der Waals surface area contributed by atoms with Crippen LogP contribution < -0.4 is 0 Å². The van der Waals surface area contributed by atoms with Gasteiger partial charge in [0.25, 0.3) is 0 Å². The Morgan fingerprint density at radius 1 is 1.32 bits per heavy atom. The zero-order valence-electron chi connectivity index (χ0n) is 13.4. The molecule has 0 aliphatic heterocycles. The summed E-state index contributed by atoms with van der Waals surface area (Å²) in [6.45, 7) is 2.32. The van der Waals surface area contributed by atoms with E-state index in [1.807, 2.05) is 6.92 Å². The molecule has 134 valence electrons. The lowest BCUT2D eigenvalue weighted by atomic mass is 10.0. The molecule has 0 aliphatic rings. The maximum Gasteiger partial charge on any atom is 0.471 e. The fourth-order valence-corrected chi connectivity index (χ4v) is 1.94. The summed E-state index contributed by atoms with van der Waals surface area (Å²) in [5.74, 6) is -1.66. The van der Waals surface area contributed by atoms with Gasteiger partial charge >= 0.3 is 12.1 Å². The van der Waals surface area contributed by atoms with Crippen LogP contribution >= 0.6 is 0 Å². The highest BCUT2D eigenvalue weighted by molar-refractivity contribution is 5.96. The van der Waals surface area contributed by atoms with Gasteiger partial charge in [0.15, 0.2) is 5.78 Å². The molecule has 0 saturated carbocycles. The Morgan fingerprint density at radius 2 is 2.04 bits per heavy atom. The first-order chi connectivity index (χ1) is 11.9. The maximum absolute atomic E-state index is 12.4. The number of carbonyl (C=O) groups excluding carboxylic acids is 1. The van der Waals surface area contributed by atoms with Crippen LogP contribution in [-0.2, 0) is 11.0 Å². The summed E-state index contributed by atoms with van der Waals surface area (Å²) in [4.78, 5) is 20.1. The smallest absolute Gasteiger partial charge is 0.396 e. The average molecular weight is 355 g/mol. The lowest BCUT2D eigenvalue weighted by molar-refractivity contribution is -0.159. The first-order valence-electron chi connectivity index (χ1n) is 7.60.